The number of aromatic nitrogens is 2. The highest BCUT2D eigenvalue weighted by atomic mass is 16.1. The third kappa shape index (κ3) is 3.36. The van der Waals surface area contributed by atoms with Gasteiger partial charge in [-0.05, 0) is 26.0 Å². The van der Waals surface area contributed by atoms with E-state index in [1.54, 1.807) is 0 Å². The quantitative estimate of drug-likeness (QED) is 0.929. The highest BCUT2D eigenvalue weighted by Crippen LogP contribution is 2.08. The summed E-state index contributed by atoms with van der Waals surface area (Å²) >= 11 is 0. The van der Waals surface area contributed by atoms with E-state index >= 15 is 0 Å². The lowest BCUT2D eigenvalue weighted by molar-refractivity contribution is 0.109. The van der Waals surface area contributed by atoms with Crippen LogP contribution in [-0.4, -0.2) is 58.5 Å². The number of para-hydroxylation sites is 1. The van der Waals surface area contributed by atoms with Gasteiger partial charge in [0.1, 0.15) is 5.82 Å². The van der Waals surface area contributed by atoms with Crippen molar-refractivity contribution in [3.05, 3.63) is 40.4 Å². The van der Waals surface area contributed by atoms with Crippen LogP contribution < -0.4 is 5.56 Å². The molecule has 0 bridgehead atoms. The zero-order valence-corrected chi connectivity index (χ0v) is 13.4. The number of nitrogens with zero attached hydrogens (tertiary/aromatic N) is 3. The number of fused-ring (bicyclic) bond motifs is 1. The van der Waals surface area contributed by atoms with Gasteiger partial charge < -0.3 is 9.88 Å². The van der Waals surface area contributed by atoms with Crippen LogP contribution in [0.4, 0.5) is 0 Å². The van der Waals surface area contributed by atoms with Crippen molar-refractivity contribution >= 4 is 10.9 Å². The first-order chi connectivity index (χ1) is 10.6. The maximum atomic E-state index is 12.1. The van der Waals surface area contributed by atoms with Gasteiger partial charge in [0.2, 0.25) is 0 Å². The molecule has 1 aromatic carbocycles. The molecule has 0 atom stereocenters. The van der Waals surface area contributed by atoms with Crippen molar-refractivity contribution in [2.24, 2.45) is 0 Å². The number of aromatic amines is 1. The second-order valence-electron chi connectivity index (χ2n) is 6.25. The fourth-order valence-electron chi connectivity index (χ4n) is 3.02. The van der Waals surface area contributed by atoms with Crippen LogP contribution in [-0.2, 0) is 6.42 Å². The largest absolute Gasteiger partial charge is 0.310 e. The molecule has 0 saturated carbocycles. The molecule has 1 saturated heterocycles. The van der Waals surface area contributed by atoms with Crippen LogP contribution in [0.2, 0.25) is 0 Å². The number of piperazine rings is 1. The van der Waals surface area contributed by atoms with E-state index in [1.165, 1.54) is 0 Å². The second-order valence-corrected chi connectivity index (χ2v) is 6.25. The Morgan fingerprint density at radius 2 is 1.91 bits per heavy atom. The first-order valence-corrected chi connectivity index (χ1v) is 8.08. The van der Waals surface area contributed by atoms with Gasteiger partial charge in [-0.1, -0.05) is 12.1 Å². The summed E-state index contributed by atoms with van der Waals surface area (Å²) in [5, 5.41) is 0.664. The van der Waals surface area contributed by atoms with Crippen molar-refractivity contribution in [3.8, 4) is 0 Å². The Morgan fingerprint density at radius 1 is 1.18 bits per heavy atom. The van der Waals surface area contributed by atoms with E-state index in [2.05, 4.69) is 33.6 Å². The molecular formula is C17H24N4O. The van der Waals surface area contributed by atoms with Gasteiger partial charge >= 0.3 is 0 Å². The van der Waals surface area contributed by atoms with E-state index in [0.29, 0.717) is 11.4 Å². The summed E-state index contributed by atoms with van der Waals surface area (Å²) in [4.78, 5) is 24.5. The Morgan fingerprint density at radius 3 is 2.64 bits per heavy atom. The van der Waals surface area contributed by atoms with Crippen molar-refractivity contribution < 1.29 is 0 Å². The van der Waals surface area contributed by atoms with Gasteiger partial charge in [-0.15, -0.1) is 0 Å². The molecule has 1 aliphatic heterocycles. The predicted octanol–water partition coefficient (Wildman–Crippen LogP) is 1.49. The second kappa shape index (κ2) is 6.58. The van der Waals surface area contributed by atoms with Crippen LogP contribution in [0, 0.1) is 0 Å². The van der Waals surface area contributed by atoms with Gasteiger partial charge in [0.25, 0.3) is 5.56 Å². The average Bonchev–Trinajstić information content (AvgIpc) is 2.53. The molecule has 0 aliphatic carbocycles. The van der Waals surface area contributed by atoms with Crippen LogP contribution in [0.5, 0.6) is 0 Å². The molecule has 3 rings (SSSR count). The smallest absolute Gasteiger partial charge is 0.258 e. The molecule has 0 amide bonds. The number of hydrogen-bond acceptors (Lipinski definition) is 4. The number of hydrogen-bond donors (Lipinski definition) is 1. The minimum absolute atomic E-state index is 0.0368. The maximum absolute atomic E-state index is 12.1. The molecule has 22 heavy (non-hydrogen) atoms. The fourth-order valence-corrected chi connectivity index (χ4v) is 3.02. The lowest BCUT2D eigenvalue weighted by Gasteiger charge is -2.36. The highest BCUT2D eigenvalue weighted by Gasteiger charge is 2.18. The summed E-state index contributed by atoms with van der Waals surface area (Å²) in [6.45, 7) is 9.89. The van der Waals surface area contributed by atoms with Gasteiger partial charge in [-0.25, -0.2) is 4.98 Å². The summed E-state index contributed by atoms with van der Waals surface area (Å²) < 4.78 is 0. The summed E-state index contributed by atoms with van der Waals surface area (Å²) in [5.41, 5.74) is 0.746. The van der Waals surface area contributed by atoms with E-state index in [4.69, 9.17) is 0 Å². The lowest BCUT2D eigenvalue weighted by Crippen LogP contribution is -2.49. The molecule has 118 valence electrons. The van der Waals surface area contributed by atoms with E-state index in [-0.39, 0.29) is 5.56 Å². The van der Waals surface area contributed by atoms with Gasteiger partial charge in [-0.2, -0.15) is 0 Å². The van der Waals surface area contributed by atoms with Crippen LogP contribution in [0.1, 0.15) is 19.7 Å². The van der Waals surface area contributed by atoms with Gasteiger partial charge in [0.15, 0.2) is 0 Å². The Hall–Kier alpha value is -1.72. The first kappa shape index (κ1) is 15.2. The van der Waals surface area contributed by atoms with E-state index in [0.717, 1.165) is 50.5 Å². The number of H-pyrrole nitrogens is 1. The average molecular weight is 300 g/mol. The molecule has 2 heterocycles. The van der Waals surface area contributed by atoms with Crippen LogP contribution in [0.15, 0.2) is 29.1 Å². The third-order valence-corrected chi connectivity index (χ3v) is 4.46. The SMILES string of the molecule is CC(C)N1CCN(CCc2nc3ccccc3c(=O)[nH]2)CC1. The van der Waals surface area contributed by atoms with Crippen molar-refractivity contribution in [1.29, 1.82) is 0 Å². The van der Waals surface area contributed by atoms with E-state index < -0.39 is 0 Å². The molecule has 5 heteroatoms. The standard InChI is InChI=1S/C17H24N4O/c1-13(2)21-11-9-20(10-12-21)8-7-16-18-15-6-4-3-5-14(15)17(22)19-16/h3-6,13H,7-12H2,1-2H3,(H,18,19,22). The van der Waals surface area contributed by atoms with Crippen molar-refractivity contribution in [2.75, 3.05) is 32.7 Å². The fraction of sp³-hybridized carbons (Fsp3) is 0.529. The molecule has 1 aliphatic rings. The molecule has 2 aromatic rings. The zero-order valence-electron chi connectivity index (χ0n) is 13.4. The molecule has 1 N–H and O–H groups in total. The number of benzene rings is 1. The van der Waals surface area contributed by atoms with E-state index in [9.17, 15) is 4.79 Å². The first-order valence-electron chi connectivity index (χ1n) is 8.08. The monoisotopic (exact) mass is 300 g/mol. The third-order valence-electron chi connectivity index (χ3n) is 4.46. The Balaban J connectivity index is 1.62. The maximum Gasteiger partial charge on any atom is 0.258 e. The van der Waals surface area contributed by atoms with Gasteiger partial charge in [0, 0.05) is 45.2 Å². The molecule has 1 aromatic heterocycles. The topological polar surface area (TPSA) is 52.2 Å². The van der Waals surface area contributed by atoms with Crippen molar-refractivity contribution in [2.45, 2.75) is 26.3 Å². The minimum Gasteiger partial charge on any atom is -0.310 e. The summed E-state index contributed by atoms with van der Waals surface area (Å²) in [6.07, 6.45) is 0.793. The Labute approximate surface area is 131 Å². The highest BCUT2D eigenvalue weighted by molar-refractivity contribution is 5.77. The van der Waals surface area contributed by atoms with Crippen LogP contribution in [0.25, 0.3) is 10.9 Å². The summed E-state index contributed by atoms with van der Waals surface area (Å²) in [5.74, 6) is 0.787. The summed E-state index contributed by atoms with van der Waals surface area (Å²) in [7, 11) is 0. The van der Waals surface area contributed by atoms with Crippen LogP contribution >= 0.6 is 0 Å². The van der Waals surface area contributed by atoms with Gasteiger partial charge in [-0.3, -0.25) is 9.69 Å². The molecule has 0 radical (unpaired) electrons. The molecule has 0 spiro atoms. The molecule has 0 unspecified atom stereocenters. The zero-order chi connectivity index (χ0) is 15.5. The molecule has 1 fully saturated rings. The van der Waals surface area contributed by atoms with Crippen LogP contribution in [0.3, 0.4) is 0 Å². The molecule has 5 nitrogen and oxygen atoms in total. The number of rotatable bonds is 4. The van der Waals surface area contributed by atoms with Crippen molar-refractivity contribution in [1.82, 2.24) is 19.8 Å². The molecular weight excluding hydrogens is 276 g/mol. The predicted molar refractivity (Wildman–Crippen MR) is 89.2 cm³/mol. The number of nitrogens with one attached hydrogen (secondary N) is 1. The minimum atomic E-state index is -0.0368. The Kier molecular flexibility index (Phi) is 4.55. The Bertz CT molecular complexity index is 686. The van der Waals surface area contributed by atoms with E-state index in [1.807, 2.05) is 24.3 Å². The van der Waals surface area contributed by atoms with Gasteiger partial charge in [0.05, 0.1) is 10.9 Å². The normalized spacial score (nSPS) is 17.4. The lowest BCUT2D eigenvalue weighted by atomic mass is 10.2. The van der Waals surface area contributed by atoms with Crippen molar-refractivity contribution in [3.63, 3.8) is 0 Å². The summed E-state index contributed by atoms with van der Waals surface area (Å²) in [6, 6.07) is 8.13.